The molecule has 0 bridgehead atoms. The molecule has 4 N–H and O–H groups in total. The van der Waals surface area contributed by atoms with Crippen molar-refractivity contribution in [2.24, 2.45) is 16.5 Å². The van der Waals surface area contributed by atoms with Crippen LogP contribution in [-0.4, -0.2) is 32.3 Å². The molecule has 0 amide bonds. The van der Waals surface area contributed by atoms with Gasteiger partial charge >= 0.3 is 0 Å². The minimum Gasteiger partial charge on any atom is -0.378 e. The number of guanidine groups is 1. The first-order valence-electron chi connectivity index (χ1n) is 5.73. The van der Waals surface area contributed by atoms with Crippen LogP contribution in [0.2, 0.25) is 0 Å². The number of benzene rings is 1. The van der Waals surface area contributed by atoms with Crippen molar-refractivity contribution in [1.82, 2.24) is 0 Å². The van der Waals surface area contributed by atoms with Gasteiger partial charge in [-0.2, -0.15) is 0 Å². The molecule has 1 aromatic carbocycles. The first-order chi connectivity index (χ1) is 8.27. The number of hydrogen-bond donors (Lipinski definition) is 2. The SMILES string of the molecule is I.NC(N)=NCc1ccccc1N1CCOCC1. The third-order valence-electron chi connectivity index (χ3n) is 2.78. The van der Waals surface area contributed by atoms with E-state index in [1.54, 1.807) is 0 Å². The van der Waals surface area contributed by atoms with Crippen LogP contribution in [0.5, 0.6) is 0 Å². The first kappa shape index (κ1) is 15.0. The molecule has 0 atom stereocenters. The van der Waals surface area contributed by atoms with Crippen LogP contribution in [-0.2, 0) is 11.3 Å². The standard InChI is InChI=1S/C12H18N4O.HI/c13-12(14)15-9-10-3-1-2-4-11(10)16-5-7-17-8-6-16;/h1-4H,5-9H2,(H4,13,14,15);1H. The quantitative estimate of drug-likeness (QED) is 0.476. The van der Waals surface area contributed by atoms with Gasteiger partial charge in [0.1, 0.15) is 0 Å². The van der Waals surface area contributed by atoms with Crippen LogP contribution in [0.4, 0.5) is 5.69 Å². The largest absolute Gasteiger partial charge is 0.378 e. The Balaban J connectivity index is 0.00000162. The van der Waals surface area contributed by atoms with Gasteiger partial charge in [-0.3, -0.25) is 0 Å². The summed E-state index contributed by atoms with van der Waals surface area (Å²) in [5.41, 5.74) is 13.1. The second-order valence-electron chi connectivity index (χ2n) is 3.97. The van der Waals surface area contributed by atoms with E-state index in [0.717, 1.165) is 31.9 Å². The fraction of sp³-hybridized carbons (Fsp3) is 0.417. The van der Waals surface area contributed by atoms with Crippen molar-refractivity contribution in [2.45, 2.75) is 6.54 Å². The molecule has 1 aliphatic heterocycles. The maximum Gasteiger partial charge on any atom is 0.186 e. The number of halogens is 1. The molecule has 0 aliphatic carbocycles. The summed E-state index contributed by atoms with van der Waals surface area (Å²) in [4.78, 5) is 6.37. The Labute approximate surface area is 124 Å². The predicted octanol–water partition coefficient (Wildman–Crippen LogP) is 0.915. The zero-order valence-electron chi connectivity index (χ0n) is 10.2. The van der Waals surface area contributed by atoms with Gasteiger partial charge < -0.3 is 21.1 Å². The van der Waals surface area contributed by atoms with Crippen LogP contribution in [0.25, 0.3) is 0 Å². The van der Waals surface area contributed by atoms with Gasteiger partial charge in [0.2, 0.25) is 0 Å². The molecule has 1 heterocycles. The molecule has 0 radical (unpaired) electrons. The van der Waals surface area contributed by atoms with Crippen molar-refractivity contribution in [1.29, 1.82) is 0 Å². The average Bonchev–Trinajstić information content (AvgIpc) is 2.38. The van der Waals surface area contributed by atoms with Crippen LogP contribution >= 0.6 is 24.0 Å². The Morgan fingerprint density at radius 3 is 2.56 bits per heavy atom. The lowest BCUT2D eigenvalue weighted by atomic mass is 10.1. The van der Waals surface area contributed by atoms with Crippen molar-refractivity contribution in [3.63, 3.8) is 0 Å². The number of nitrogens with two attached hydrogens (primary N) is 2. The average molecular weight is 362 g/mol. The third kappa shape index (κ3) is 4.02. The van der Waals surface area contributed by atoms with Crippen molar-refractivity contribution >= 4 is 35.6 Å². The Morgan fingerprint density at radius 1 is 1.22 bits per heavy atom. The van der Waals surface area contributed by atoms with E-state index >= 15 is 0 Å². The molecule has 1 fully saturated rings. The maximum absolute atomic E-state index is 5.36. The number of hydrogen-bond acceptors (Lipinski definition) is 3. The number of ether oxygens (including phenoxy) is 1. The number of para-hydroxylation sites is 1. The zero-order chi connectivity index (χ0) is 12.1. The van der Waals surface area contributed by atoms with Crippen LogP contribution < -0.4 is 16.4 Å². The molecule has 1 aromatic rings. The summed E-state index contributed by atoms with van der Waals surface area (Å²) in [7, 11) is 0. The minimum absolute atomic E-state index is 0. The molecule has 1 aliphatic rings. The Kier molecular flexibility index (Phi) is 6.20. The highest BCUT2D eigenvalue weighted by Crippen LogP contribution is 2.22. The molecule has 6 heteroatoms. The summed E-state index contributed by atoms with van der Waals surface area (Å²) in [6.45, 7) is 3.90. The summed E-state index contributed by atoms with van der Waals surface area (Å²) in [5.74, 6) is 0.127. The summed E-state index contributed by atoms with van der Waals surface area (Å²) < 4.78 is 5.35. The van der Waals surface area contributed by atoms with Crippen molar-refractivity contribution in [3.05, 3.63) is 29.8 Å². The van der Waals surface area contributed by atoms with Crippen LogP contribution in [0.1, 0.15) is 5.56 Å². The second kappa shape index (κ2) is 7.42. The predicted molar refractivity (Wildman–Crippen MR) is 84.4 cm³/mol. The molecule has 0 unspecified atom stereocenters. The van der Waals surface area contributed by atoms with Gasteiger partial charge in [0, 0.05) is 18.8 Å². The molecule has 0 aromatic heterocycles. The topological polar surface area (TPSA) is 76.9 Å². The van der Waals surface area contributed by atoms with Gasteiger partial charge in [-0.1, -0.05) is 18.2 Å². The van der Waals surface area contributed by atoms with E-state index in [-0.39, 0.29) is 29.9 Å². The number of morpholine rings is 1. The molecule has 5 nitrogen and oxygen atoms in total. The van der Waals surface area contributed by atoms with Gasteiger partial charge in [0.15, 0.2) is 5.96 Å². The van der Waals surface area contributed by atoms with E-state index in [1.165, 1.54) is 5.69 Å². The van der Waals surface area contributed by atoms with E-state index in [4.69, 9.17) is 16.2 Å². The van der Waals surface area contributed by atoms with Gasteiger partial charge in [0.25, 0.3) is 0 Å². The summed E-state index contributed by atoms with van der Waals surface area (Å²) in [6.07, 6.45) is 0. The monoisotopic (exact) mass is 362 g/mol. The molecular weight excluding hydrogens is 343 g/mol. The van der Waals surface area contributed by atoms with Gasteiger partial charge in [-0.25, -0.2) is 4.99 Å². The summed E-state index contributed by atoms with van der Waals surface area (Å²) >= 11 is 0. The second-order valence-corrected chi connectivity index (χ2v) is 3.97. The molecule has 18 heavy (non-hydrogen) atoms. The fourth-order valence-corrected chi connectivity index (χ4v) is 1.93. The van der Waals surface area contributed by atoms with Gasteiger partial charge in [-0.05, 0) is 11.6 Å². The Morgan fingerprint density at radius 2 is 1.89 bits per heavy atom. The fourth-order valence-electron chi connectivity index (χ4n) is 1.93. The maximum atomic E-state index is 5.36. The van der Waals surface area contributed by atoms with Crippen molar-refractivity contribution in [3.8, 4) is 0 Å². The highest BCUT2D eigenvalue weighted by Gasteiger charge is 2.13. The first-order valence-corrected chi connectivity index (χ1v) is 5.73. The number of aliphatic imine (C=N–C) groups is 1. The number of nitrogens with zero attached hydrogens (tertiary/aromatic N) is 2. The highest BCUT2D eigenvalue weighted by molar-refractivity contribution is 14.0. The summed E-state index contributed by atoms with van der Waals surface area (Å²) in [6, 6.07) is 8.19. The Bertz CT molecular complexity index is 401. The summed E-state index contributed by atoms with van der Waals surface area (Å²) in [5, 5.41) is 0. The lowest BCUT2D eigenvalue weighted by Gasteiger charge is -2.30. The molecule has 0 spiro atoms. The van der Waals surface area contributed by atoms with Gasteiger partial charge in [-0.15, -0.1) is 24.0 Å². The van der Waals surface area contributed by atoms with Crippen LogP contribution in [0.15, 0.2) is 29.3 Å². The van der Waals surface area contributed by atoms with E-state index in [0.29, 0.717) is 6.54 Å². The van der Waals surface area contributed by atoms with Crippen LogP contribution in [0, 0.1) is 0 Å². The smallest absolute Gasteiger partial charge is 0.186 e. The lowest BCUT2D eigenvalue weighted by Crippen LogP contribution is -2.36. The van der Waals surface area contributed by atoms with Crippen molar-refractivity contribution < 1.29 is 4.74 Å². The minimum atomic E-state index is 0. The van der Waals surface area contributed by atoms with E-state index in [9.17, 15) is 0 Å². The zero-order valence-corrected chi connectivity index (χ0v) is 12.5. The Hall–Kier alpha value is -1.02. The van der Waals surface area contributed by atoms with E-state index < -0.39 is 0 Å². The normalized spacial score (nSPS) is 14.8. The molecule has 100 valence electrons. The molecule has 2 rings (SSSR count). The number of rotatable bonds is 3. The number of anilines is 1. The molecular formula is C12H19IN4O. The van der Waals surface area contributed by atoms with Gasteiger partial charge in [0.05, 0.1) is 19.8 Å². The molecule has 1 saturated heterocycles. The van der Waals surface area contributed by atoms with Crippen LogP contribution in [0.3, 0.4) is 0 Å². The van der Waals surface area contributed by atoms with Crippen molar-refractivity contribution in [2.75, 3.05) is 31.2 Å². The van der Waals surface area contributed by atoms with E-state index in [1.807, 2.05) is 12.1 Å². The molecule has 0 saturated carbocycles. The lowest BCUT2D eigenvalue weighted by molar-refractivity contribution is 0.122. The third-order valence-corrected chi connectivity index (χ3v) is 2.78. The highest BCUT2D eigenvalue weighted by atomic mass is 127. The van der Waals surface area contributed by atoms with E-state index in [2.05, 4.69) is 22.0 Å².